The number of benzene rings is 2. The van der Waals surface area contributed by atoms with Crippen LogP contribution >= 0.6 is 11.8 Å². The standard InChI is InChI=1S/C19H19N3OS/c1-14(24-19-20-11-12-22(19)2)16-9-6-10-17(13-16)21-18(23)15-7-4-3-5-8-15/h3-14H,1-2H3,(H,21,23)/t14-/m1/s1. The predicted octanol–water partition coefficient (Wildman–Crippen LogP) is 4.53. The van der Waals surface area contributed by atoms with Crippen LogP contribution in [0.15, 0.2) is 72.1 Å². The third kappa shape index (κ3) is 3.86. The first-order valence-corrected chi connectivity index (χ1v) is 8.62. The van der Waals surface area contributed by atoms with Gasteiger partial charge in [-0.05, 0) is 36.8 Å². The SMILES string of the molecule is C[C@@H](Sc1nccn1C)c1cccc(NC(=O)c2ccccc2)c1. The van der Waals surface area contributed by atoms with Crippen LogP contribution in [-0.2, 0) is 7.05 Å². The predicted molar refractivity (Wildman–Crippen MR) is 98.3 cm³/mol. The summed E-state index contributed by atoms with van der Waals surface area (Å²) in [4.78, 5) is 16.6. The van der Waals surface area contributed by atoms with E-state index >= 15 is 0 Å². The van der Waals surface area contributed by atoms with E-state index < -0.39 is 0 Å². The van der Waals surface area contributed by atoms with Crippen LogP contribution in [0.3, 0.4) is 0 Å². The van der Waals surface area contributed by atoms with Gasteiger partial charge in [0.1, 0.15) is 0 Å². The minimum atomic E-state index is -0.0999. The number of hydrogen-bond acceptors (Lipinski definition) is 3. The lowest BCUT2D eigenvalue weighted by molar-refractivity contribution is 0.102. The van der Waals surface area contributed by atoms with E-state index in [1.165, 1.54) is 0 Å². The molecular weight excluding hydrogens is 318 g/mol. The van der Waals surface area contributed by atoms with Gasteiger partial charge in [0.05, 0.1) is 0 Å². The second-order valence-corrected chi connectivity index (χ2v) is 6.83. The van der Waals surface area contributed by atoms with E-state index in [1.807, 2.05) is 54.2 Å². The van der Waals surface area contributed by atoms with Gasteiger partial charge in [0.15, 0.2) is 5.16 Å². The zero-order chi connectivity index (χ0) is 16.9. The van der Waals surface area contributed by atoms with Crippen molar-refractivity contribution < 1.29 is 4.79 Å². The summed E-state index contributed by atoms with van der Waals surface area (Å²) in [7, 11) is 1.98. The molecule has 0 aliphatic rings. The summed E-state index contributed by atoms with van der Waals surface area (Å²) in [6.45, 7) is 2.14. The van der Waals surface area contributed by atoms with Crippen LogP contribution in [0.5, 0.6) is 0 Å². The van der Waals surface area contributed by atoms with Crippen molar-refractivity contribution in [1.82, 2.24) is 9.55 Å². The molecule has 0 fully saturated rings. The van der Waals surface area contributed by atoms with Gasteiger partial charge >= 0.3 is 0 Å². The molecule has 3 aromatic rings. The Labute approximate surface area is 145 Å². The number of nitrogens with one attached hydrogen (secondary N) is 1. The monoisotopic (exact) mass is 337 g/mol. The van der Waals surface area contributed by atoms with Gasteiger partial charge in [0.25, 0.3) is 5.91 Å². The maximum absolute atomic E-state index is 12.3. The molecule has 0 spiro atoms. The molecule has 5 heteroatoms. The van der Waals surface area contributed by atoms with Crippen LogP contribution in [0.25, 0.3) is 0 Å². The molecule has 1 aromatic heterocycles. The lowest BCUT2D eigenvalue weighted by Crippen LogP contribution is -2.11. The number of hydrogen-bond donors (Lipinski definition) is 1. The highest BCUT2D eigenvalue weighted by Gasteiger charge is 2.12. The Hall–Kier alpha value is -2.53. The van der Waals surface area contributed by atoms with Crippen molar-refractivity contribution in [1.29, 1.82) is 0 Å². The van der Waals surface area contributed by atoms with E-state index in [-0.39, 0.29) is 11.2 Å². The van der Waals surface area contributed by atoms with Gasteiger partial charge in [-0.2, -0.15) is 0 Å². The molecule has 24 heavy (non-hydrogen) atoms. The lowest BCUT2D eigenvalue weighted by atomic mass is 10.1. The first-order valence-electron chi connectivity index (χ1n) is 7.74. The molecule has 0 aliphatic heterocycles. The normalized spacial score (nSPS) is 11.9. The Morgan fingerprint density at radius 3 is 2.67 bits per heavy atom. The molecule has 1 atom stereocenters. The number of aromatic nitrogens is 2. The average Bonchev–Trinajstić information content (AvgIpc) is 3.00. The minimum absolute atomic E-state index is 0.0999. The third-order valence-electron chi connectivity index (χ3n) is 3.71. The molecule has 1 amide bonds. The molecule has 2 aromatic carbocycles. The quantitative estimate of drug-likeness (QED) is 0.696. The molecular formula is C19H19N3OS. The fraction of sp³-hybridized carbons (Fsp3) is 0.158. The fourth-order valence-electron chi connectivity index (χ4n) is 2.35. The molecule has 4 nitrogen and oxygen atoms in total. The molecule has 3 rings (SSSR count). The van der Waals surface area contributed by atoms with E-state index in [1.54, 1.807) is 30.1 Å². The Balaban J connectivity index is 1.72. The van der Waals surface area contributed by atoms with Crippen LogP contribution < -0.4 is 5.32 Å². The topological polar surface area (TPSA) is 46.9 Å². The fourth-order valence-corrected chi connectivity index (χ4v) is 3.30. The highest BCUT2D eigenvalue weighted by atomic mass is 32.2. The van der Waals surface area contributed by atoms with Gasteiger partial charge in [-0.25, -0.2) is 4.98 Å². The number of rotatable bonds is 5. The molecule has 0 saturated heterocycles. The van der Waals surface area contributed by atoms with Gasteiger partial charge in [0.2, 0.25) is 0 Å². The van der Waals surface area contributed by atoms with Crippen LogP contribution in [0, 0.1) is 0 Å². The largest absolute Gasteiger partial charge is 0.329 e. The van der Waals surface area contributed by atoms with E-state index in [9.17, 15) is 4.79 Å². The first-order chi connectivity index (χ1) is 11.6. The zero-order valence-electron chi connectivity index (χ0n) is 13.6. The summed E-state index contributed by atoms with van der Waals surface area (Å²) in [5, 5.41) is 4.16. The molecule has 1 heterocycles. The van der Waals surface area contributed by atoms with Crippen molar-refractivity contribution >= 4 is 23.4 Å². The summed E-state index contributed by atoms with van der Waals surface area (Å²) in [5.74, 6) is -0.0999. The number of nitrogens with zero attached hydrogens (tertiary/aromatic N) is 2. The number of aryl methyl sites for hydroxylation is 1. The summed E-state index contributed by atoms with van der Waals surface area (Å²) in [6, 6.07) is 17.2. The Kier molecular flexibility index (Phi) is 5.01. The van der Waals surface area contributed by atoms with Crippen LogP contribution in [0.2, 0.25) is 0 Å². The summed E-state index contributed by atoms with van der Waals surface area (Å²) < 4.78 is 2.00. The van der Waals surface area contributed by atoms with Gasteiger partial charge < -0.3 is 9.88 Å². The molecule has 0 aliphatic carbocycles. The molecule has 0 radical (unpaired) electrons. The minimum Gasteiger partial charge on any atom is -0.329 e. The van der Waals surface area contributed by atoms with Crippen molar-refractivity contribution in [3.05, 3.63) is 78.1 Å². The summed E-state index contributed by atoms with van der Waals surface area (Å²) in [6.07, 6.45) is 3.73. The van der Waals surface area contributed by atoms with Crippen molar-refractivity contribution in [3.63, 3.8) is 0 Å². The molecule has 122 valence electrons. The van der Waals surface area contributed by atoms with Crippen molar-refractivity contribution in [2.75, 3.05) is 5.32 Å². The van der Waals surface area contributed by atoms with Gasteiger partial charge in [-0.3, -0.25) is 4.79 Å². The number of imidazole rings is 1. The van der Waals surface area contributed by atoms with Crippen LogP contribution in [0.4, 0.5) is 5.69 Å². The molecule has 0 unspecified atom stereocenters. The number of amides is 1. The van der Waals surface area contributed by atoms with Gasteiger partial charge in [-0.15, -0.1) is 0 Å². The third-order valence-corrected chi connectivity index (χ3v) is 4.94. The average molecular weight is 337 g/mol. The van der Waals surface area contributed by atoms with E-state index in [0.29, 0.717) is 5.56 Å². The second-order valence-electron chi connectivity index (χ2n) is 5.53. The number of thioether (sulfide) groups is 1. The first kappa shape index (κ1) is 16.3. The number of anilines is 1. The highest BCUT2D eigenvalue weighted by Crippen LogP contribution is 2.34. The lowest BCUT2D eigenvalue weighted by Gasteiger charge is -2.13. The molecule has 1 N–H and O–H groups in total. The maximum atomic E-state index is 12.3. The Bertz CT molecular complexity index is 829. The zero-order valence-corrected chi connectivity index (χ0v) is 14.5. The number of carbonyl (C=O) groups excluding carboxylic acids is 1. The highest BCUT2D eigenvalue weighted by molar-refractivity contribution is 7.99. The van der Waals surface area contributed by atoms with Crippen molar-refractivity contribution in [2.24, 2.45) is 7.05 Å². The Morgan fingerprint density at radius 1 is 1.17 bits per heavy atom. The Morgan fingerprint density at radius 2 is 1.96 bits per heavy atom. The molecule has 0 saturated carbocycles. The summed E-state index contributed by atoms with van der Waals surface area (Å²) >= 11 is 1.69. The van der Waals surface area contributed by atoms with E-state index in [0.717, 1.165) is 16.4 Å². The van der Waals surface area contributed by atoms with Gasteiger partial charge in [0, 0.05) is 35.9 Å². The maximum Gasteiger partial charge on any atom is 0.255 e. The van der Waals surface area contributed by atoms with Crippen LogP contribution in [0.1, 0.15) is 28.1 Å². The van der Waals surface area contributed by atoms with E-state index in [4.69, 9.17) is 0 Å². The van der Waals surface area contributed by atoms with Gasteiger partial charge in [-0.1, -0.05) is 42.1 Å². The van der Waals surface area contributed by atoms with Crippen molar-refractivity contribution in [3.8, 4) is 0 Å². The smallest absolute Gasteiger partial charge is 0.255 e. The molecule has 0 bridgehead atoms. The van der Waals surface area contributed by atoms with Crippen LogP contribution in [-0.4, -0.2) is 15.5 Å². The summed E-state index contributed by atoms with van der Waals surface area (Å²) in [5.41, 5.74) is 2.60. The van der Waals surface area contributed by atoms with Crippen molar-refractivity contribution in [2.45, 2.75) is 17.3 Å². The van der Waals surface area contributed by atoms with E-state index in [2.05, 4.69) is 23.3 Å². The number of carbonyl (C=O) groups is 1. The second kappa shape index (κ2) is 7.36.